The van der Waals surface area contributed by atoms with E-state index in [-0.39, 0.29) is 0 Å². The van der Waals surface area contributed by atoms with Gasteiger partial charge in [0.15, 0.2) is 0 Å². The summed E-state index contributed by atoms with van der Waals surface area (Å²) in [6.07, 6.45) is 6.67. The number of rotatable bonds is 2. The Kier molecular flexibility index (Phi) is 2.63. The van der Waals surface area contributed by atoms with Crippen molar-refractivity contribution in [2.75, 3.05) is 0 Å². The fourth-order valence-electron chi connectivity index (χ4n) is 1.34. The molecule has 0 aliphatic heterocycles. The third-order valence-corrected chi connectivity index (χ3v) is 2.02. The Labute approximate surface area is 87.7 Å². The SMILES string of the molecule is [CH2]/C(F)=C/c1ccc(-n2ccnc2)cc1. The van der Waals surface area contributed by atoms with Crippen LogP contribution < -0.4 is 0 Å². The highest BCUT2D eigenvalue weighted by Crippen LogP contribution is 2.12. The molecule has 0 amide bonds. The van der Waals surface area contributed by atoms with Gasteiger partial charge in [0.2, 0.25) is 0 Å². The molecule has 3 heteroatoms. The van der Waals surface area contributed by atoms with Gasteiger partial charge >= 0.3 is 0 Å². The Balaban J connectivity index is 2.29. The number of benzene rings is 1. The van der Waals surface area contributed by atoms with Crippen molar-refractivity contribution in [3.8, 4) is 5.69 Å². The fourth-order valence-corrected chi connectivity index (χ4v) is 1.34. The Morgan fingerprint density at radius 3 is 2.60 bits per heavy atom. The molecule has 0 saturated carbocycles. The second kappa shape index (κ2) is 4.09. The number of allylic oxidation sites excluding steroid dienone is 1. The van der Waals surface area contributed by atoms with Crippen molar-refractivity contribution in [1.29, 1.82) is 0 Å². The molecule has 0 spiro atoms. The lowest BCUT2D eigenvalue weighted by Crippen LogP contribution is -1.88. The van der Waals surface area contributed by atoms with Crippen LogP contribution >= 0.6 is 0 Å². The van der Waals surface area contributed by atoms with Crippen LogP contribution in [-0.4, -0.2) is 9.55 Å². The quantitative estimate of drug-likeness (QED) is 0.730. The van der Waals surface area contributed by atoms with Crippen LogP contribution in [0.2, 0.25) is 0 Å². The van der Waals surface area contributed by atoms with Crippen molar-refractivity contribution in [3.05, 3.63) is 61.3 Å². The average molecular weight is 201 g/mol. The Morgan fingerprint density at radius 1 is 1.33 bits per heavy atom. The van der Waals surface area contributed by atoms with E-state index in [0.29, 0.717) is 0 Å². The van der Waals surface area contributed by atoms with E-state index in [1.54, 1.807) is 12.5 Å². The first-order valence-corrected chi connectivity index (χ1v) is 4.53. The summed E-state index contributed by atoms with van der Waals surface area (Å²) in [6, 6.07) is 7.47. The lowest BCUT2D eigenvalue weighted by Gasteiger charge is -2.01. The maximum absolute atomic E-state index is 12.5. The lowest BCUT2D eigenvalue weighted by molar-refractivity contribution is 0.673. The van der Waals surface area contributed by atoms with Crippen molar-refractivity contribution >= 4 is 6.08 Å². The Hall–Kier alpha value is -1.90. The molecule has 1 radical (unpaired) electrons. The predicted octanol–water partition coefficient (Wildman–Crippen LogP) is 3.02. The van der Waals surface area contributed by atoms with Crippen LogP contribution in [0.15, 0.2) is 48.8 Å². The first kappa shape index (κ1) is 9.65. The molecular weight excluding hydrogens is 191 g/mol. The summed E-state index contributed by atoms with van der Waals surface area (Å²) in [6.45, 7) is 3.19. The van der Waals surface area contributed by atoms with Gasteiger partial charge in [-0.1, -0.05) is 12.1 Å². The number of nitrogens with zero attached hydrogens (tertiary/aromatic N) is 2. The largest absolute Gasteiger partial charge is 0.306 e. The van der Waals surface area contributed by atoms with Crippen molar-refractivity contribution in [1.82, 2.24) is 9.55 Å². The van der Waals surface area contributed by atoms with Gasteiger partial charge in [0, 0.05) is 25.0 Å². The van der Waals surface area contributed by atoms with E-state index in [1.165, 1.54) is 6.08 Å². The number of imidazole rings is 1. The van der Waals surface area contributed by atoms with E-state index >= 15 is 0 Å². The van der Waals surface area contributed by atoms with E-state index in [0.717, 1.165) is 11.3 Å². The highest BCUT2D eigenvalue weighted by Gasteiger charge is 1.95. The molecule has 1 aromatic heterocycles. The zero-order valence-corrected chi connectivity index (χ0v) is 8.10. The summed E-state index contributed by atoms with van der Waals surface area (Å²) in [5.41, 5.74) is 1.79. The van der Waals surface area contributed by atoms with Crippen LogP contribution in [0.4, 0.5) is 4.39 Å². The molecule has 0 N–H and O–H groups in total. The van der Waals surface area contributed by atoms with Crippen molar-refractivity contribution in [3.63, 3.8) is 0 Å². The van der Waals surface area contributed by atoms with Gasteiger partial charge < -0.3 is 4.57 Å². The molecule has 0 aliphatic rings. The summed E-state index contributed by atoms with van der Waals surface area (Å²) in [7, 11) is 0. The van der Waals surface area contributed by atoms with E-state index in [9.17, 15) is 4.39 Å². The summed E-state index contributed by atoms with van der Waals surface area (Å²) < 4.78 is 14.4. The minimum atomic E-state index is -0.439. The van der Waals surface area contributed by atoms with Crippen LogP contribution in [0.25, 0.3) is 11.8 Å². The van der Waals surface area contributed by atoms with Gasteiger partial charge in [-0.3, -0.25) is 0 Å². The monoisotopic (exact) mass is 201 g/mol. The lowest BCUT2D eigenvalue weighted by atomic mass is 10.2. The molecule has 1 heterocycles. The van der Waals surface area contributed by atoms with Gasteiger partial charge in [0.25, 0.3) is 0 Å². The first-order valence-electron chi connectivity index (χ1n) is 4.53. The molecular formula is C12H10FN2. The predicted molar refractivity (Wildman–Crippen MR) is 58.0 cm³/mol. The van der Waals surface area contributed by atoms with Gasteiger partial charge in [-0.05, 0) is 23.8 Å². The van der Waals surface area contributed by atoms with Crippen LogP contribution in [0.5, 0.6) is 0 Å². The normalized spacial score (nSPS) is 11.7. The molecule has 1 aromatic carbocycles. The Bertz CT molecular complexity index is 451. The second-order valence-corrected chi connectivity index (χ2v) is 3.15. The molecule has 2 rings (SSSR count). The molecule has 0 unspecified atom stereocenters. The van der Waals surface area contributed by atoms with E-state index in [2.05, 4.69) is 11.9 Å². The molecule has 2 aromatic rings. The molecule has 15 heavy (non-hydrogen) atoms. The maximum Gasteiger partial charge on any atom is 0.101 e. The third-order valence-electron chi connectivity index (χ3n) is 2.02. The van der Waals surface area contributed by atoms with E-state index in [1.807, 2.05) is 35.0 Å². The van der Waals surface area contributed by atoms with Gasteiger partial charge in [-0.15, -0.1) is 0 Å². The minimum Gasteiger partial charge on any atom is -0.306 e. The smallest absolute Gasteiger partial charge is 0.101 e. The number of halogens is 1. The van der Waals surface area contributed by atoms with Crippen molar-refractivity contribution < 1.29 is 4.39 Å². The van der Waals surface area contributed by atoms with E-state index in [4.69, 9.17) is 0 Å². The molecule has 0 fully saturated rings. The number of hydrogen-bond donors (Lipinski definition) is 0. The topological polar surface area (TPSA) is 17.8 Å². The number of aromatic nitrogens is 2. The third kappa shape index (κ3) is 2.31. The van der Waals surface area contributed by atoms with Crippen LogP contribution in [0, 0.1) is 6.92 Å². The van der Waals surface area contributed by atoms with Gasteiger partial charge in [0.05, 0.1) is 6.33 Å². The van der Waals surface area contributed by atoms with Gasteiger partial charge in [-0.25, -0.2) is 9.37 Å². The van der Waals surface area contributed by atoms with Crippen LogP contribution in [0.3, 0.4) is 0 Å². The molecule has 0 bridgehead atoms. The standard InChI is InChI=1S/C12H10FN2/c1-10(13)8-11-2-4-12(5-3-11)15-7-6-14-9-15/h2-9H,1H2/b10-8-. The zero-order valence-electron chi connectivity index (χ0n) is 8.10. The van der Waals surface area contributed by atoms with Gasteiger partial charge in [0.1, 0.15) is 5.83 Å². The zero-order chi connectivity index (χ0) is 10.7. The molecule has 0 saturated heterocycles. The highest BCUT2D eigenvalue weighted by atomic mass is 19.1. The summed E-state index contributed by atoms with van der Waals surface area (Å²) in [4.78, 5) is 3.95. The summed E-state index contributed by atoms with van der Waals surface area (Å²) in [5.74, 6) is -0.439. The summed E-state index contributed by atoms with van der Waals surface area (Å²) >= 11 is 0. The second-order valence-electron chi connectivity index (χ2n) is 3.15. The average Bonchev–Trinajstić information content (AvgIpc) is 2.71. The molecule has 0 aliphatic carbocycles. The van der Waals surface area contributed by atoms with Crippen molar-refractivity contribution in [2.24, 2.45) is 0 Å². The number of hydrogen-bond acceptors (Lipinski definition) is 1. The molecule has 0 atom stereocenters. The summed E-state index contributed by atoms with van der Waals surface area (Å²) in [5, 5.41) is 0. The van der Waals surface area contributed by atoms with Crippen molar-refractivity contribution in [2.45, 2.75) is 0 Å². The molecule has 2 nitrogen and oxygen atoms in total. The van der Waals surface area contributed by atoms with Crippen LogP contribution in [-0.2, 0) is 0 Å². The minimum absolute atomic E-state index is 0.439. The van der Waals surface area contributed by atoms with E-state index < -0.39 is 5.83 Å². The highest BCUT2D eigenvalue weighted by molar-refractivity contribution is 5.53. The molecule has 75 valence electrons. The maximum atomic E-state index is 12.5. The Morgan fingerprint density at radius 2 is 2.07 bits per heavy atom. The van der Waals surface area contributed by atoms with Gasteiger partial charge in [-0.2, -0.15) is 0 Å². The van der Waals surface area contributed by atoms with Crippen LogP contribution in [0.1, 0.15) is 5.56 Å². The first-order chi connectivity index (χ1) is 7.25. The fraction of sp³-hybridized carbons (Fsp3) is 0.